The van der Waals surface area contributed by atoms with Crippen LogP contribution >= 0.6 is 11.6 Å². The van der Waals surface area contributed by atoms with Crippen molar-refractivity contribution in [3.05, 3.63) is 28.8 Å². The number of hydrogen-bond donors (Lipinski definition) is 3. The molecule has 0 aromatic heterocycles. The van der Waals surface area contributed by atoms with Gasteiger partial charge in [-0.1, -0.05) is 25.4 Å². The van der Waals surface area contributed by atoms with Crippen LogP contribution in [0.1, 0.15) is 31.1 Å². The number of rotatable bonds is 5. The van der Waals surface area contributed by atoms with Crippen molar-refractivity contribution in [2.45, 2.75) is 26.3 Å². The van der Waals surface area contributed by atoms with Gasteiger partial charge < -0.3 is 16.4 Å². The van der Waals surface area contributed by atoms with Crippen LogP contribution in [0.25, 0.3) is 0 Å². The van der Waals surface area contributed by atoms with Gasteiger partial charge in [0, 0.05) is 25.3 Å². The molecule has 0 bridgehead atoms. The number of nitrogens with zero attached hydrogens (tertiary/aromatic N) is 1. The largest absolute Gasteiger partial charge is 0.345 e. The summed E-state index contributed by atoms with van der Waals surface area (Å²) < 4.78 is 0. The first kappa shape index (κ1) is 17.6. The Labute approximate surface area is 141 Å². The number of hydrogen-bond acceptors (Lipinski definition) is 3. The molecule has 0 radical (unpaired) electrons. The van der Waals surface area contributed by atoms with E-state index in [4.69, 9.17) is 17.3 Å². The number of halogens is 1. The van der Waals surface area contributed by atoms with E-state index >= 15 is 0 Å². The second-order valence-corrected chi connectivity index (χ2v) is 6.69. The van der Waals surface area contributed by atoms with Gasteiger partial charge >= 0.3 is 6.03 Å². The second kappa shape index (κ2) is 6.76. The van der Waals surface area contributed by atoms with E-state index < -0.39 is 5.54 Å². The molecule has 1 aliphatic heterocycles. The minimum Gasteiger partial charge on any atom is -0.345 e. The van der Waals surface area contributed by atoms with E-state index in [1.165, 1.54) is 0 Å². The first-order valence-corrected chi connectivity index (χ1v) is 8.04. The average molecular weight is 339 g/mol. The van der Waals surface area contributed by atoms with Gasteiger partial charge in [-0.3, -0.25) is 9.69 Å². The molecule has 1 heterocycles. The Kier molecular flexibility index (Phi) is 5.16. The minimum atomic E-state index is -0.526. The minimum absolute atomic E-state index is 0.169. The van der Waals surface area contributed by atoms with Gasteiger partial charge in [0.05, 0.1) is 16.1 Å². The summed E-state index contributed by atoms with van der Waals surface area (Å²) in [6.45, 7) is 7.37. The highest BCUT2D eigenvalue weighted by atomic mass is 35.5. The van der Waals surface area contributed by atoms with Crippen molar-refractivity contribution in [3.63, 3.8) is 0 Å². The maximum Gasteiger partial charge on any atom is 0.321 e. The summed E-state index contributed by atoms with van der Waals surface area (Å²) in [5.74, 6) is -0.124. The van der Waals surface area contributed by atoms with Crippen molar-refractivity contribution < 1.29 is 9.59 Å². The van der Waals surface area contributed by atoms with Crippen LogP contribution in [0.5, 0.6) is 0 Å². The quantitative estimate of drug-likeness (QED) is 0.767. The molecule has 1 aromatic carbocycles. The van der Waals surface area contributed by atoms with E-state index in [9.17, 15) is 9.59 Å². The van der Waals surface area contributed by atoms with Crippen molar-refractivity contribution in [1.82, 2.24) is 10.6 Å². The first-order chi connectivity index (χ1) is 10.8. The molecule has 0 saturated carbocycles. The fourth-order valence-electron chi connectivity index (χ4n) is 2.33. The number of carbonyl (C=O) groups excluding carboxylic acids is 2. The Morgan fingerprint density at radius 3 is 2.74 bits per heavy atom. The number of benzene rings is 1. The number of nitrogens with two attached hydrogens (primary N) is 1. The van der Waals surface area contributed by atoms with Gasteiger partial charge in [0.25, 0.3) is 5.91 Å². The molecule has 1 fully saturated rings. The van der Waals surface area contributed by atoms with E-state index in [0.29, 0.717) is 35.9 Å². The van der Waals surface area contributed by atoms with Gasteiger partial charge in [-0.05, 0) is 31.0 Å². The monoisotopic (exact) mass is 338 g/mol. The lowest BCUT2D eigenvalue weighted by Gasteiger charge is -2.33. The molecule has 6 nitrogen and oxygen atoms in total. The van der Waals surface area contributed by atoms with Crippen molar-refractivity contribution in [1.29, 1.82) is 0 Å². The zero-order chi connectivity index (χ0) is 17.2. The lowest BCUT2D eigenvalue weighted by atomic mass is 9.88. The average Bonchev–Trinajstić information content (AvgIpc) is 2.93. The predicted molar refractivity (Wildman–Crippen MR) is 92.0 cm³/mol. The fraction of sp³-hybridized carbons (Fsp3) is 0.500. The van der Waals surface area contributed by atoms with Crippen LogP contribution in [0.4, 0.5) is 10.5 Å². The number of nitrogens with one attached hydrogen (secondary N) is 2. The number of carbonyl (C=O) groups is 2. The Balaban J connectivity index is 2.28. The maximum atomic E-state index is 12.6. The van der Waals surface area contributed by atoms with Crippen LogP contribution in [0.3, 0.4) is 0 Å². The summed E-state index contributed by atoms with van der Waals surface area (Å²) in [4.78, 5) is 26.0. The molecule has 126 valence electrons. The SMILES string of the molecule is CC(C)[C@@](C)(CN)NC(=O)c1cc(N2CCNC2=O)ccc1Cl. The molecule has 0 spiro atoms. The molecule has 0 unspecified atom stereocenters. The molecular formula is C16H23ClN4O2. The zero-order valence-electron chi connectivity index (χ0n) is 13.6. The van der Waals surface area contributed by atoms with Crippen LogP contribution < -0.4 is 21.3 Å². The number of urea groups is 1. The van der Waals surface area contributed by atoms with Crippen LogP contribution in [0, 0.1) is 5.92 Å². The highest BCUT2D eigenvalue weighted by Crippen LogP contribution is 2.25. The molecule has 3 amide bonds. The third kappa shape index (κ3) is 3.59. The van der Waals surface area contributed by atoms with Crippen LogP contribution in [0.2, 0.25) is 5.02 Å². The Hall–Kier alpha value is -1.79. The molecule has 1 atom stereocenters. The van der Waals surface area contributed by atoms with Gasteiger partial charge in [-0.15, -0.1) is 0 Å². The van der Waals surface area contributed by atoms with Crippen molar-refractivity contribution in [2.75, 3.05) is 24.5 Å². The molecule has 1 aliphatic rings. The molecule has 1 aromatic rings. The molecular weight excluding hydrogens is 316 g/mol. The molecule has 1 saturated heterocycles. The van der Waals surface area contributed by atoms with Gasteiger partial charge in [-0.2, -0.15) is 0 Å². The highest BCUT2D eigenvalue weighted by Gasteiger charge is 2.30. The summed E-state index contributed by atoms with van der Waals surface area (Å²) >= 11 is 6.17. The summed E-state index contributed by atoms with van der Waals surface area (Å²) in [6.07, 6.45) is 0. The van der Waals surface area contributed by atoms with E-state index in [1.54, 1.807) is 23.1 Å². The van der Waals surface area contributed by atoms with E-state index in [-0.39, 0.29) is 17.9 Å². The van der Waals surface area contributed by atoms with E-state index in [2.05, 4.69) is 10.6 Å². The normalized spacial score (nSPS) is 17.1. The fourth-order valence-corrected chi connectivity index (χ4v) is 2.53. The van der Waals surface area contributed by atoms with Crippen molar-refractivity contribution >= 4 is 29.2 Å². The molecule has 4 N–H and O–H groups in total. The third-order valence-electron chi connectivity index (χ3n) is 4.46. The summed E-state index contributed by atoms with van der Waals surface area (Å²) in [5.41, 5.74) is 6.27. The Morgan fingerprint density at radius 2 is 2.22 bits per heavy atom. The maximum absolute atomic E-state index is 12.6. The number of amides is 3. The summed E-state index contributed by atoms with van der Waals surface area (Å²) in [5, 5.41) is 6.03. The first-order valence-electron chi connectivity index (χ1n) is 7.66. The Bertz CT molecular complexity index is 620. The highest BCUT2D eigenvalue weighted by molar-refractivity contribution is 6.34. The van der Waals surface area contributed by atoms with Gasteiger partial charge in [0.2, 0.25) is 0 Å². The second-order valence-electron chi connectivity index (χ2n) is 6.28. The predicted octanol–water partition coefficient (Wildman–Crippen LogP) is 1.97. The van der Waals surface area contributed by atoms with E-state index in [1.807, 2.05) is 20.8 Å². The topological polar surface area (TPSA) is 87.5 Å². The Morgan fingerprint density at radius 1 is 1.52 bits per heavy atom. The van der Waals surface area contributed by atoms with Gasteiger partial charge in [-0.25, -0.2) is 4.79 Å². The third-order valence-corrected chi connectivity index (χ3v) is 4.79. The van der Waals surface area contributed by atoms with Gasteiger partial charge in [0.1, 0.15) is 0 Å². The molecule has 7 heteroatoms. The van der Waals surface area contributed by atoms with Crippen LogP contribution in [-0.2, 0) is 0 Å². The lowest BCUT2D eigenvalue weighted by Crippen LogP contribution is -2.55. The van der Waals surface area contributed by atoms with Crippen LogP contribution in [0.15, 0.2) is 18.2 Å². The summed E-state index contributed by atoms with van der Waals surface area (Å²) in [6, 6.07) is 4.83. The smallest absolute Gasteiger partial charge is 0.321 e. The number of anilines is 1. The lowest BCUT2D eigenvalue weighted by molar-refractivity contribution is 0.0883. The zero-order valence-corrected chi connectivity index (χ0v) is 14.4. The van der Waals surface area contributed by atoms with Crippen molar-refractivity contribution in [2.24, 2.45) is 11.7 Å². The molecule has 23 heavy (non-hydrogen) atoms. The molecule has 0 aliphatic carbocycles. The standard InChI is InChI=1S/C16H23ClN4O2/c1-10(2)16(3,9-18)20-14(22)12-8-11(4-5-13(12)17)21-7-6-19-15(21)23/h4-5,8,10H,6-7,9,18H2,1-3H3,(H,19,23)(H,20,22)/t16-/m1/s1. The van der Waals surface area contributed by atoms with Crippen LogP contribution in [-0.4, -0.2) is 37.1 Å². The van der Waals surface area contributed by atoms with Gasteiger partial charge in [0.15, 0.2) is 0 Å². The van der Waals surface area contributed by atoms with E-state index in [0.717, 1.165) is 0 Å². The van der Waals surface area contributed by atoms with Crippen molar-refractivity contribution in [3.8, 4) is 0 Å². The summed E-state index contributed by atoms with van der Waals surface area (Å²) in [7, 11) is 0. The molecule has 2 rings (SSSR count).